The van der Waals surface area contributed by atoms with Crippen molar-refractivity contribution in [3.8, 4) is 12.1 Å². The molecule has 9 nitrogen and oxygen atoms in total. The maximum atomic E-state index is 12.0. The lowest BCUT2D eigenvalue weighted by Crippen LogP contribution is -2.27. The first-order chi connectivity index (χ1) is 12.0. The molecule has 126 valence electrons. The SMILES string of the molecule is C[n+]1cc(/N=C(\[O-])CSc2nc(N)c(C#N)c(C3CC3)c2C#N)on1. The summed E-state index contributed by atoms with van der Waals surface area (Å²) in [6.45, 7) is 0. The lowest BCUT2D eigenvalue weighted by molar-refractivity contribution is -0.739. The van der Waals surface area contributed by atoms with Gasteiger partial charge in [0.05, 0.1) is 11.1 Å². The van der Waals surface area contributed by atoms with E-state index in [0.717, 1.165) is 24.6 Å². The van der Waals surface area contributed by atoms with Crippen molar-refractivity contribution in [1.29, 1.82) is 10.5 Å². The Morgan fingerprint density at radius 3 is 2.76 bits per heavy atom. The molecule has 0 spiro atoms. The molecule has 2 aromatic rings. The average Bonchev–Trinajstić information content (AvgIpc) is 3.35. The van der Waals surface area contributed by atoms with Gasteiger partial charge >= 0.3 is 5.88 Å². The molecule has 2 heterocycles. The van der Waals surface area contributed by atoms with Crippen LogP contribution in [0.5, 0.6) is 0 Å². The van der Waals surface area contributed by atoms with Gasteiger partial charge in [0.25, 0.3) is 6.20 Å². The second-order valence-electron chi connectivity index (χ2n) is 5.47. The number of nitriles is 2. The predicted octanol–water partition coefficient (Wildman–Crippen LogP) is 0.280. The summed E-state index contributed by atoms with van der Waals surface area (Å²) in [7, 11) is 1.64. The molecule has 1 aliphatic rings. The minimum atomic E-state index is -0.455. The van der Waals surface area contributed by atoms with Crippen LogP contribution in [0.1, 0.15) is 35.4 Å². The highest BCUT2D eigenvalue weighted by Gasteiger charge is 2.32. The Morgan fingerprint density at radius 2 is 2.20 bits per heavy atom. The normalized spacial score (nSPS) is 14.1. The zero-order valence-electron chi connectivity index (χ0n) is 13.3. The highest BCUT2D eigenvalue weighted by atomic mass is 32.2. The van der Waals surface area contributed by atoms with E-state index < -0.39 is 5.90 Å². The first kappa shape index (κ1) is 16.7. The maximum Gasteiger partial charge on any atom is 0.320 e. The molecule has 0 bridgehead atoms. The summed E-state index contributed by atoms with van der Waals surface area (Å²) in [5, 5.41) is 34.7. The number of aryl methyl sites for hydroxylation is 1. The number of rotatable bonds is 5. The predicted molar refractivity (Wildman–Crippen MR) is 85.6 cm³/mol. The van der Waals surface area contributed by atoms with Crippen molar-refractivity contribution in [1.82, 2.24) is 10.3 Å². The van der Waals surface area contributed by atoms with Crippen molar-refractivity contribution in [2.75, 3.05) is 11.5 Å². The molecule has 0 unspecified atom stereocenters. The molecule has 0 aliphatic heterocycles. The molecular weight excluding hydrogens is 342 g/mol. The van der Waals surface area contributed by atoms with Crippen molar-refractivity contribution in [2.24, 2.45) is 12.0 Å². The molecule has 0 saturated heterocycles. The van der Waals surface area contributed by atoms with E-state index in [1.807, 2.05) is 6.07 Å². The Kier molecular flexibility index (Phi) is 4.55. The number of pyridine rings is 1. The van der Waals surface area contributed by atoms with Gasteiger partial charge in [-0.25, -0.2) is 9.98 Å². The molecule has 0 amide bonds. The fraction of sp³-hybridized carbons (Fsp3) is 0.333. The summed E-state index contributed by atoms with van der Waals surface area (Å²) in [4.78, 5) is 7.90. The van der Waals surface area contributed by atoms with Crippen LogP contribution in [0.2, 0.25) is 0 Å². The molecule has 1 fully saturated rings. The smallest absolute Gasteiger partial charge is 0.320 e. The molecule has 2 N–H and O–H groups in total. The number of nitrogen functional groups attached to an aromatic ring is 1. The molecule has 10 heteroatoms. The van der Waals surface area contributed by atoms with Gasteiger partial charge in [0.1, 0.15) is 23.0 Å². The summed E-state index contributed by atoms with van der Waals surface area (Å²) in [6.07, 6.45) is 3.29. The van der Waals surface area contributed by atoms with Gasteiger partial charge in [0.15, 0.2) is 12.3 Å². The van der Waals surface area contributed by atoms with Crippen molar-refractivity contribution in [2.45, 2.75) is 23.8 Å². The number of hydrogen-bond acceptors (Lipinski definition) is 9. The van der Waals surface area contributed by atoms with Gasteiger partial charge in [-0.15, -0.1) is 0 Å². The topological polar surface area (TPSA) is 152 Å². The molecule has 0 aromatic carbocycles. The third-order valence-corrected chi connectivity index (χ3v) is 4.53. The third-order valence-electron chi connectivity index (χ3n) is 3.57. The molecular formula is C15H13N7O2S. The standard InChI is InChI=1S/C15H13N7O2S/c1-22-6-12(24-21-22)19-11(23)7-25-15-10(5-17)13(8-2-3-8)9(4-16)14(18)20-15/h6,8H,2-3,7H2,1H3,(H2-,18,19,20,21,23). The minimum Gasteiger partial charge on any atom is -0.861 e. The number of nitrogens with zero attached hydrogens (tertiary/aromatic N) is 6. The first-order valence-electron chi connectivity index (χ1n) is 7.37. The van der Waals surface area contributed by atoms with Crippen LogP contribution in [0.15, 0.2) is 20.7 Å². The van der Waals surface area contributed by atoms with Crippen LogP contribution in [-0.2, 0) is 7.05 Å². The number of aromatic nitrogens is 3. The molecule has 1 saturated carbocycles. The molecule has 3 rings (SSSR count). The lowest BCUT2D eigenvalue weighted by atomic mass is 10.0. The van der Waals surface area contributed by atoms with Crippen LogP contribution in [0.4, 0.5) is 11.7 Å². The largest absolute Gasteiger partial charge is 0.861 e. The van der Waals surface area contributed by atoms with E-state index in [-0.39, 0.29) is 28.9 Å². The van der Waals surface area contributed by atoms with E-state index in [1.54, 1.807) is 7.05 Å². The quantitative estimate of drug-likeness (QED) is 0.347. The van der Waals surface area contributed by atoms with E-state index in [1.165, 1.54) is 10.9 Å². The van der Waals surface area contributed by atoms with E-state index in [2.05, 4.69) is 21.3 Å². The summed E-state index contributed by atoms with van der Waals surface area (Å²) in [5.74, 6) is -0.161. The van der Waals surface area contributed by atoms with Gasteiger partial charge < -0.3 is 10.8 Å². The van der Waals surface area contributed by atoms with Gasteiger partial charge in [0, 0.05) is 5.75 Å². The Bertz CT molecular complexity index is 935. The summed E-state index contributed by atoms with van der Waals surface area (Å²) in [5.41, 5.74) is 7.08. The van der Waals surface area contributed by atoms with Crippen molar-refractivity contribution >= 4 is 29.4 Å². The summed E-state index contributed by atoms with van der Waals surface area (Å²) < 4.78 is 6.22. The zero-order valence-corrected chi connectivity index (χ0v) is 14.1. The zero-order chi connectivity index (χ0) is 18.0. The molecule has 25 heavy (non-hydrogen) atoms. The summed E-state index contributed by atoms with van der Waals surface area (Å²) >= 11 is 1.06. The van der Waals surface area contributed by atoms with Gasteiger partial charge in [0.2, 0.25) is 0 Å². The Hall–Kier alpha value is -3.11. The fourth-order valence-corrected chi connectivity index (χ4v) is 3.14. The highest BCUT2D eigenvalue weighted by molar-refractivity contribution is 7.99. The molecule has 0 radical (unpaired) electrons. The number of anilines is 1. The van der Waals surface area contributed by atoms with Crippen molar-refractivity contribution in [3.63, 3.8) is 0 Å². The van der Waals surface area contributed by atoms with E-state index in [4.69, 9.17) is 10.3 Å². The van der Waals surface area contributed by atoms with Crippen molar-refractivity contribution < 1.29 is 14.3 Å². The van der Waals surface area contributed by atoms with E-state index >= 15 is 0 Å². The van der Waals surface area contributed by atoms with Crippen LogP contribution in [-0.4, -0.2) is 21.9 Å². The maximum absolute atomic E-state index is 12.0. The van der Waals surface area contributed by atoms with Crippen LogP contribution in [0.25, 0.3) is 0 Å². The van der Waals surface area contributed by atoms with E-state index in [9.17, 15) is 15.6 Å². The van der Waals surface area contributed by atoms with Crippen molar-refractivity contribution in [3.05, 3.63) is 22.9 Å². The Balaban J connectivity index is 1.87. The van der Waals surface area contributed by atoms with Gasteiger partial charge in [-0.3, -0.25) is 4.52 Å². The fourth-order valence-electron chi connectivity index (χ4n) is 2.36. The Labute approximate surface area is 147 Å². The number of hydrogen-bond donors (Lipinski definition) is 1. The lowest BCUT2D eigenvalue weighted by Gasteiger charge is -2.13. The highest BCUT2D eigenvalue weighted by Crippen LogP contribution is 2.45. The molecule has 0 atom stereocenters. The van der Waals surface area contributed by atoms with Gasteiger partial charge in [-0.1, -0.05) is 16.4 Å². The average molecular weight is 355 g/mol. The van der Waals surface area contributed by atoms with Crippen LogP contribution in [0, 0.1) is 22.7 Å². The number of thioether (sulfide) groups is 1. The van der Waals surface area contributed by atoms with Crippen LogP contribution >= 0.6 is 11.8 Å². The first-order valence-corrected chi connectivity index (χ1v) is 8.35. The van der Waals surface area contributed by atoms with Gasteiger partial charge in [-0.05, 0) is 30.2 Å². The summed E-state index contributed by atoms with van der Waals surface area (Å²) in [6, 6.07) is 4.13. The Morgan fingerprint density at radius 1 is 1.48 bits per heavy atom. The monoisotopic (exact) mass is 355 g/mol. The van der Waals surface area contributed by atoms with Crippen LogP contribution < -0.4 is 15.5 Å². The van der Waals surface area contributed by atoms with Crippen LogP contribution in [0.3, 0.4) is 0 Å². The number of aliphatic imine (C=N–C) groups is 1. The third kappa shape index (κ3) is 3.54. The molecule has 2 aromatic heterocycles. The molecule has 1 aliphatic carbocycles. The second kappa shape index (κ2) is 6.79. The van der Waals surface area contributed by atoms with E-state index in [0.29, 0.717) is 16.2 Å². The van der Waals surface area contributed by atoms with Gasteiger partial charge in [-0.2, -0.15) is 10.5 Å². The second-order valence-corrected chi connectivity index (χ2v) is 6.44. The minimum absolute atomic E-state index is 0.0401. The number of nitrogens with two attached hydrogens (primary N) is 1.